The van der Waals surface area contributed by atoms with E-state index in [1.807, 2.05) is 11.8 Å². The van der Waals surface area contributed by atoms with Gasteiger partial charge >= 0.3 is 0 Å². The van der Waals surface area contributed by atoms with Gasteiger partial charge in [-0.1, -0.05) is 31.9 Å². The van der Waals surface area contributed by atoms with E-state index in [1.165, 1.54) is 24.1 Å². The van der Waals surface area contributed by atoms with E-state index < -0.39 is 0 Å². The molecule has 1 amide bonds. The van der Waals surface area contributed by atoms with Gasteiger partial charge in [0.1, 0.15) is 17.3 Å². The number of hydrogen-bond donors (Lipinski definition) is 1. The average molecular weight is 382 g/mol. The number of aromatic nitrogens is 2. The molecule has 0 spiro atoms. The summed E-state index contributed by atoms with van der Waals surface area (Å²) in [5.74, 6) is 1.36. The van der Waals surface area contributed by atoms with Crippen molar-refractivity contribution in [2.45, 2.75) is 40.0 Å². The summed E-state index contributed by atoms with van der Waals surface area (Å²) in [6.07, 6.45) is 3.47. The Morgan fingerprint density at radius 3 is 2.57 bits per heavy atom. The maximum Gasteiger partial charge on any atom is 0.272 e. The fraction of sp³-hybridized carbons (Fsp3) is 0.500. The topological polar surface area (TPSA) is 61.4 Å². The summed E-state index contributed by atoms with van der Waals surface area (Å²) in [6, 6.07) is 10.3. The van der Waals surface area contributed by atoms with Gasteiger partial charge < -0.3 is 15.1 Å². The normalized spacial score (nSPS) is 14.2. The number of hydrogen-bond acceptors (Lipinski definition) is 5. The predicted octanol–water partition coefficient (Wildman–Crippen LogP) is 3.66. The van der Waals surface area contributed by atoms with E-state index >= 15 is 0 Å². The summed E-state index contributed by atoms with van der Waals surface area (Å²) >= 11 is 0. The maximum absolute atomic E-state index is 13.0. The van der Waals surface area contributed by atoms with Crippen LogP contribution in [0.5, 0.6) is 0 Å². The van der Waals surface area contributed by atoms with Gasteiger partial charge in [-0.25, -0.2) is 9.97 Å². The lowest BCUT2D eigenvalue weighted by atomic mass is 10.2. The highest BCUT2D eigenvalue weighted by molar-refractivity contribution is 5.93. The highest BCUT2D eigenvalue weighted by Gasteiger charge is 2.24. The first-order valence-electron chi connectivity index (χ1n) is 10.3. The molecule has 1 N–H and O–H groups in total. The van der Waals surface area contributed by atoms with Crippen LogP contribution in [0.4, 0.5) is 11.5 Å². The lowest BCUT2D eigenvalue weighted by molar-refractivity contribution is 0.0740. The van der Waals surface area contributed by atoms with E-state index in [-0.39, 0.29) is 5.91 Å². The third-order valence-corrected chi connectivity index (χ3v) is 5.08. The van der Waals surface area contributed by atoms with E-state index in [0.29, 0.717) is 24.6 Å². The molecule has 0 saturated carbocycles. The molecule has 0 radical (unpaired) electrons. The molecule has 0 unspecified atom stereocenters. The van der Waals surface area contributed by atoms with Crippen LogP contribution in [0, 0.1) is 13.8 Å². The van der Waals surface area contributed by atoms with E-state index in [9.17, 15) is 4.79 Å². The zero-order chi connectivity index (χ0) is 19.9. The first kappa shape index (κ1) is 20.1. The van der Waals surface area contributed by atoms with Crippen LogP contribution in [0.2, 0.25) is 0 Å². The molecule has 0 atom stereocenters. The molecule has 150 valence electrons. The Kier molecular flexibility index (Phi) is 6.85. The van der Waals surface area contributed by atoms with E-state index in [4.69, 9.17) is 0 Å². The molecule has 1 saturated heterocycles. The fourth-order valence-corrected chi connectivity index (χ4v) is 3.51. The van der Waals surface area contributed by atoms with Crippen molar-refractivity contribution in [2.75, 3.05) is 42.9 Å². The van der Waals surface area contributed by atoms with Crippen molar-refractivity contribution in [1.29, 1.82) is 0 Å². The van der Waals surface area contributed by atoms with Crippen LogP contribution < -0.4 is 10.2 Å². The van der Waals surface area contributed by atoms with Crippen molar-refractivity contribution in [2.24, 2.45) is 0 Å². The molecular weight excluding hydrogens is 350 g/mol. The predicted molar refractivity (Wildman–Crippen MR) is 114 cm³/mol. The number of carbonyl (C=O) groups excluding carboxylic acids is 1. The second-order valence-corrected chi connectivity index (χ2v) is 7.44. The Morgan fingerprint density at radius 2 is 1.86 bits per heavy atom. The number of nitrogens with zero attached hydrogens (tertiary/aromatic N) is 4. The smallest absolute Gasteiger partial charge is 0.272 e. The Balaban J connectivity index is 1.60. The summed E-state index contributed by atoms with van der Waals surface area (Å²) in [7, 11) is 0. The molecule has 2 heterocycles. The largest absolute Gasteiger partial charge is 0.370 e. The molecule has 1 aliphatic rings. The number of amides is 1. The highest BCUT2D eigenvalue weighted by Crippen LogP contribution is 2.19. The zero-order valence-electron chi connectivity index (χ0n) is 17.2. The highest BCUT2D eigenvalue weighted by atomic mass is 16.2. The van der Waals surface area contributed by atoms with E-state index in [0.717, 1.165) is 31.9 Å². The molecule has 1 aromatic heterocycles. The van der Waals surface area contributed by atoms with Crippen molar-refractivity contribution in [1.82, 2.24) is 14.9 Å². The van der Waals surface area contributed by atoms with E-state index in [2.05, 4.69) is 58.3 Å². The molecule has 0 bridgehead atoms. The van der Waals surface area contributed by atoms with Crippen LogP contribution >= 0.6 is 0 Å². The van der Waals surface area contributed by atoms with Crippen molar-refractivity contribution in [3.63, 3.8) is 0 Å². The Bertz CT molecular complexity index is 799. The van der Waals surface area contributed by atoms with Gasteiger partial charge in [0, 0.05) is 44.5 Å². The van der Waals surface area contributed by atoms with Crippen LogP contribution in [0.15, 0.2) is 30.3 Å². The van der Waals surface area contributed by atoms with Crippen LogP contribution in [-0.2, 0) is 0 Å². The molecule has 3 rings (SSSR count). The number of carbonyl (C=O) groups is 1. The zero-order valence-corrected chi connectivity index (χ0v) is 17.2. The van der Waals surface area contributed by atoms with Crippen molar-refractivity contribution < 1.29 is 4.79 Å². The Hall–Kier alpha value is -2.63. The minimum atomic E-state index is -0.00833. The molecule has 2 aromatic rings. The van der Waals surface area contributed by atoms with Gasteiger partial charge in [0.2, 0.25) is 0 Å². The average Bonchev–Trinajstić information content (AvgIpc) is 2.70. The minimum Gasteiger partial charge on any atom is -0.370 e. The van der Waals surface area contributed by atoms with Gasteiger partial charge in [-0.3, -0.25) is 4.79 Å². The van der Waals surface area contributed by atoms with Crippen LogP contribution in [0.1, 0.15) is 48.1 Å². The number of anilines is 2. The Labute approximate surface area is 168 Å². The first-order valence-corrected chi connectivity index (χ1v) is 10.3. The van der Waals surface area contributed by atoms with Crippen LogP contribution in [0.25, 0.3) is 0 Å². The summed E-state index contributed by atoms with van der Waals surface area (Å²) in [4.78, 5) is 26.0. The molecule has 28 heavy (non-hydrogen) atoms. The third-order valence-electron chi connectivity index (χ3n) is 5.08. The SMILES string of the molecule is CCCCCNc1cc(C(=O)N2CCN(c3cccc(C)c3)CC2)nc(C)n1. The van der Waals surface area contributed by atoms with Crippen LogP contribution in [0.3, 0.4) is 0 Å². The minimum absolute atomic E-state index is 0.00833. The van der Waals surface area contributed by atoms with Gasteiger partial charge in [0.05, 0.1) is 0 Å². The van der Waals surface area contributed by atoms with Crippen molar-refractivity contribution >= 4 is 17.4 Å². The summed E-state index contributed by atoms with van der Waals surface area (Å²) in [5, 5.41) is 3.32. The third kappa shape index (κ3) is 5.21. The van der Waals surface area contributed by atoms with Gasteiger partial charge in [-0.05, 0) is 38.0 Å². The molecule has 1 fully saturated rings. The summed E-state index contributed by atoms with van der Waals surface area (Å²) in [5.41, 5.74) is 2.96. The Morgan fingerprint density at radius 1 is 1.07 bits per heavy atom. The van der Waals surface area contributed by atoms with Gasteiger partial charge in [0.15, 0.2) is 0 Å². The first-order chi connectivity index (χ1) is 13.6. The molecule has 6 heteroatoms. The van der Waals surface area contributed by atoms with E-state index in [1.54, 1.807) is 6.07 Å². The number of benzene rings is 1. The van der Waals surface area contributed by atoms with Crippen molar-refractivity contribution in [3.8, 4) is 0 Å². The van der Waals surface area contributed by atoms with Gasteiger partial charge in [-0.15, -0.1) is 0 Å². The molecular formula is C22H31N5O. The van der Waals surface area contributed by atoms with Crippen molar-refractivity contribution in [3.05, 3.63) is 47.4 Å². The quantitative estimate of drug-likeness (QED) is 0.742. The number of aryl methyl sites for hydroxylation is 2. The standard InChI is InChI=1S/C22H31N5O/c1-4-5-6-10-23-21-16-20(24-18(3)25-21)22(28)27-13-11-26(12-14-27)19-9-7-8-17(2)15-19/h7-9,15-16H,4-6,10-14H2,1-3H3,(H,23,24,25). The molecule has 1 aliphatic heterocycles. The van der Waals surface area contributed by atoms with Crippen LogP contribution in [-0.4, -0.2) is 53.5 Å². The van der Waals surface area contributed by atoms with Gasteiger partial charge in [0.25, 0.3) is 5.91 Å². The second kappa shape index (κ2) is 9.53. The fourth-order valence-electron chi connectivity index (χ4n) is 3.51. The lowest BCUT2D eigenvalue weighted by Gasteiger charge is -2.36. The maximum atomic E-state index is 13.0. The molecule has 0 aliphatic carbocycles. The van der Waals surface area contributed by atoms with Gasteiger partial charge in [-0.2, -0.15) is 0 Å². The monoisotopic (exact) mass is 381 g/mol. The molecule has 6 nitrogen and oxygen atoms in total. The lowest BCUT2D eigenvalue weighted by Crippen LogP contribution is -2.49. The number of rotatable bonds is 7. The number of nitrogens with one attached hydrogen (secondary N) is 1. The summed E-state index contributed by atoms with van der Waals surface area (Å²) < 4.78 is 0. The molecule has 1 aromatic carbocycles. The second-order valence-electron chi connectivity index (χ2n) is 7.44. The summed E-state index contributed by atoms with van der Waals surface area (Å²) in [6.45, 7) is 10.1. The number of piperazine rings is 1. The number of unbranched alkanes of at least 4 members (excludes halogenated alkanes) is 2.